The van der Waals surface area contributed by atoms with E-state index in [1.807, 2.05) is 12.1 Å². The lowest BCUT2D eigenvalue weighted by atomic mass is 9.88. The molecule has 1 aliphatic heterocycles. The third-order valence-corrected chi connectivity index (χ3v) is 6.29. The van der Waals surface area contributed by atoms with Gasteiger partial charge in [0.1, 0.15) is 0 Å². The Balaban J connectivity index is 2.09. The quantitative estimate of drug-likeness (QED) is 0.552. The molecule has 0 N–H and O–H groups in total. The van der Waals surface area contributed by atoms with Crippen LogP contribution < -0.4 is 0 Å². The fraction of sp³-hybridized carbons (Fsp3) is 0.438. The summed E-state index contributed by atoms with van der Waals surface area (Å²) in [7, 11) is 0.0468. The molecule has 0 nitrogen and oxygen atoms in total. The molecule has 1 heterocycles. The summed E-state index contributed by atoms with van der Waals surface area (Å²) in [5.74, 6) is 5.61. The molecule has 0 saturated heterocycles. The lowest BCUT2D eigenvalue weighted by Crippen LogP contribution is -2.07. The molecule has 0 aromatic heterocycles. The molecule has 1 fully saturated rings. The van der Waals surface area contributed by atoms with E-state index in [2.05, 4.69) is 18.5 Å². The Bertz CT molecular complexity index is 548. The first-order chi connectivity index (χ1) is 9.06. The first-order valence-electron chi connectivity index (χ1n) is 6.62. The fourth-order valence-electron chi connectivity index (χ4n) is 3.51. The lowest BCUT2D eigenvalue weighted by molar-refractivity contribution is 0.148. The van der Waals surface area contributed by atoms with Gasteiger partial charge in [-0.15, -0.1) is 0 Å². The van der Waals surface area contributed by atoms with E-state index < -0.39 is 6.43 Å². The molecule has 2 aliphatic rings. The van der Waals surface area contributed by atoms with Crippen molar-refractivity contribution in [3.63, 3.8) is 0 Å². The fourth-order valence-corrected chi connectivity index (χ4v) is 5.43. The Hall–Kier alpha value is -0.960. The van der Waals surface area contributed by atoms with Gasteiger partial charge >= 0.3 is 0 Å². The molecule has 1 aromatic carbocycles. The number of benzene rings is 1. The van der Waals surface area contributed by atoms with Gasteiger partial charge in [0.05, 0.1) is 0 Å². The van der Waals surface area contributed by atoms with Gasteiger partial charge in [0.2, 0.25) is 6.43 Å². The van der Waals surface area contributed by atoms with Crippen LogP contribution in [0, 0.1) is 0 Å². The van der Waals surface area contributed by atoms with Crippen LogP contribution in [-0.4, -0.2) is 17.5 Å². The summed E-state index contributed by atoms with van der Waals surface area (Å²) in [5.41, 5.74) is 4.55. The first-order valence-corrected chi connectivity index (χ1v) is 8.24. The topological polar surface area (TPSA) is 0 Å². The summed E-state index contributed by atoms with van der Waals surface area (Å²) in [6.45, 7) is 4.17. The van der Waals surface area contributed by atoms with Gasteiger partial charge in [-0.05, 0) is 35.4 Å². The molecule has 2 bridgehead atoms. The molecule has 1 aromatic rings. The van der Waals surface area contributed by atoms with E-state index in [4.69, 9.17) is 0 Å². The van der Waals surface area contributed by atoms with E-state index in [0.717, 1.165) is 24.2 Å². The van der Waals surface area contributed by atoms with E-state index in [0.29, 0.717) is 11.2 Å². The Labute approximate surface area is 115 Å². The largest absolute Gasteiger partial charge is 0.242 e. The highest BCUT2D eigenvalue weighted by Gasteiger charge is 2.35. The molecule has 19 heavy (non-hydrogen) atoms. The molecule has 1 aliphatic carbocycles. The summed E-state index contributed by atoms with van der Waals surface area (Å²) >= 11 is 0. The molecule has 3 heteroatoms. The van der Waals surface area contributed by atoms with Crippen molar-refractivity contribution >= 4 is 16.4 Å². The highest BCUT2D eigenvalue weighted by molar-refractivity contribution is 8.14. The summed E-state index contributed by atoms with van der Waals surface area (Å²) in [4.78, 5) is 0. The standard InChI is InChI=1S/C16H18F2S/c1-10-6-13-7-14(10)19(2)9-12-5-3-4-11(16(12)13)8-15(17)18/h3-5,13-15H,1-2,6-9H2. The van der Waals surface area contributed by atoms with Crippen LogP contribution in [-0.2, 0) is 12.2 Å². The van der Waals surface area contributed by atoms with Crippen molar-refractivity contribution in [1.82, 2.24) is 0 Å². The van der Waals surface area contributed by atoms with Crippen molar-refractivity contribution in [2.45, 2.75) is 42.6 Å². The number of hydrogen-bond acceptors (Lipinski definition) is 0. The second-order valence-electron chi connectivity index (χ2n) is 5.55. The number of fused-ring (bicyclic) bond motifs is 4. The van der Waals surface area contributed by atoms with E-state index in [1.165, 1.54) is 16.7 Å². The zero-order valence-corrected chi connectivity index (χ0v) is 11.7. The van der Waals surface area contributed by atoms with Gasteiger partial charge in [0, 0.05) is 17.4 Å². The van der Waals surface area contributed by atoms with Crippen LogP contribution in [0.25, 0.3) is 0 Å². The van der Waals surface area contributed by atoms with Crippen LogP contribution in [0.5, 0.6) is 0 Å². The van der Waals surface area contributed by atoms with Crippen molar-refractivity contribution in [3.8, 4) is 0 Å². The molecule has 3 unspecified atom stereocenters. The van der Waals surface area contributed by atoms with Crippen molar-refractivity contribution in [2.75, 3.05) is 0 Å². The second-order valence-corrected chi connectivity index (χ2v) is 7.48. The summed E-state index contributed by atoms with van der Waals surface area (Å²) in [6.07, 6.45) is -0.384. The van der Waals surface area contributed by atoms with E-state index >= 15 is 0 Å². The van der Waals surface area contributed by atoms with Crippen LogP contribution in [0.4, 0.5) is 8.78 Å². The third-order valence-electron chi connectivity index (χ3n) is 4.27. The van der Waals surface area contributed by atoms with Gasteiger partial charge in [0.25, 0.3) is 0 Å². The number of hydrogen-bond donors (Lipinski definition) is 0. The molecule has 102 valence electrons. The maximum absolute atomic E-state index is 12.8. The monoisotopic (exact) mass is 280 g/mol. The molecule has 1 saturated carbocycles. The molecule has 0 spiro atoms. The van der Waals surface area contributed by atoms with Crippen LogP contribution in [0.15, 0.2) is 30.4 Å². The van der Waals surface area contributed by atoms with Gasteiger partial charge in [0.15, 0.2) is 0 Å². The Kier molecular flexibility index (Phi) is 3.34. The van der Waals surface area contributed by atoms with E-state index in [9.17, 15) is 8.78 Å². The average Bonchev–Trinajstić information content (AvgIpc) is 2.63. The van der Waals surface area contributed by atoms with Crippen molar-refractivity contribution < 1.29 is 8.78 Å². The SMILES string of the molecule is C=C1CC2CC1S(=C)Cc1cccc(CC(F)F)c12. The van der Waals surface area contributed by atoms with Gasteiger partial charge in [-0.3, -0.25) is 0 Å². The van der Waals surface area contributed by atoms with Gasteiger partial charge in [-0.25, -0.2) is 8.78 Å². The minimum Gasteiger partial charge on any atom is -0.210 e. The normalized spacial score (nSPS) is 29.4. The minimum atomic E-state index is -2.27. The molecular weight excluding hydrogens is 262 g/mol. The molecule has 3 atom stereocenters. The van der Waals surface area contributed by atoms with Crippen LogP contribution >= 0.6 is 10.5 Å². The minimum absolute atomic E-state index is 0.0468. The Morgan fingerprint density at radius 3 is 2.89 bits per heavy atom. The van der Waals surface area contributed by atoms with E-state index in [-0.39, 0.29) is 16.9 Å². The second kappa shape index (κ2) is 4.86. The van der Waals surface area contributed by atoms with Gasteiger partial charge in [-0.1, -0.05) is 36.2 Å². The number of rotatable bonds is 2. The number of alkyl halides is 2. The van der Waals surface area contributed by atoms with Crippen molar-refractivity contribution in [3.05, 3.63) is 47.0 Å². The Morgan fingerprint density at radius 2 is 2.16 bits per heavy atom. The zero-order valence-electron chi connectivity index (χ0n) is 10.9. The molecule has 0 radical (unpaired) electrons. The maximum Gasteiger partial charge on any atom is 0.242 e. The highest BCUT2D eigenvalue weighted by atomic mass is 32.2. The predicted octanol–water partition coefficient (Wildman–Crippen LogP) is 4.51. The van der Waals surface area contributed by atoms with Crippen LogP contribution in [0.1, 0.15) is 35.4 Å². The average molecular weight is 280 g/mol. The van der Waals surface area contributed by atoms with Gasteiger partial charge in [-0.2, -0.15) is 10.5 Å². The van der Waals surface area contributed by atoms with E-state index in [1.54, 1.807) is 0 Å². The van der Waals surface area contributed by atoms with Crippen molar-refractivity contribution in [2.24, 2.45) is 0 Å². The lowest BCUT2D eigenvalue weighted by Gasteiger charge is -2.20. The Morgan fingerprint density at radius 1 is 1.37 bits per heavy atom. The molecule has 0 amide bonds. The summed E-state index contributed by atoms with van der Waals surface area (Å²) < 4.78 is 25.5. The maximum atomic E-state index is 12.8. The van der Waals surface area contributed by atoms with Gasteiger partial charge < -0.3 is 0 Å². The predicted molar refractivity (Wildman–Crippen MR) is 79.5 cm³/mol. The van der Waals surface area contributed by atoms with Crippen LogP contribution in [0.3, 0.4) is 0 Å². The first kappa shape index (κ1) is 13.0. The molecular formula is C16H18F2S. The molecule has 3 rings (SSSR count). The summed E-state index contributed by atoms with van der Waals surface area (Å²) in [5, 5.41) is 0.497. The number of halogens is 2. The smallest absolute Gasteiger partial charge is 0.210 e. The van der Waals surface area contributed by atoms with Crippen LogP contribution in [0.2, 0.25) is 0 Å². The highest BCUT2D eigenvalue weighted by Crippen LogP contribution is 2.51. The third kappa shape index (κ3) is 2.29. The van der Waals surface area contributed by atoms with Crippen molar-refractivity contribution in [1.29, 1.82) is 0 Å². The zero-order chi connectivity index (χ0) is 13.6. The summed E-state index contributed by atoms with van der Waals surface area (Å²) in [6, 6.07) is 5.88.